The highest BCUT2D eigenvalue weighted by atomic mass is 16.4. The van der Waals surface area contributed by atoms with Gasteiger partial charge in [0.25, 0.3) is 5.91 Å². The molecule has 0 saturated heterocycles. The maximum atomic E-state index is 12.0. The van der Waals surface area contributed by atoms with E-state index in [-0.39, 0.29) is 11.6 Å². The van der Waals surface area contributed by atoms with E-state index in [0.717, 1.165) is 0 Å². The van der Waals surface area contributed by atoms with Gasteiger partial charge in [-0.2, -0.15) is 5.01 Å². The van der Waals surface area contributed by atoms with Crippen molar-refractivity contribution in [2.24, 2.45) is 0 Å². The van der Waals surface area contributed by atoms with E-state index in [1.165, 1.54) is 31.2 Å². The van der Waals surface area contributed by atoms with E-state index in [9.17, 15) is 19.5 Å². The van der Waals surface area contributed by atoms with Gasteiger partial charge in [0.15, 0.2) is 0 Å². The first-order valence-corrected chi connectivity index (χ1v) is 7.85. The number of nitrogens with one attached hydrogen (secondary N) is 2. The number of benzene rings is 2. The second kappa shape index (κ2) is 8.87. The zero-order chi connectivity index (χ0) is 19.8. The molecular formula is C20H17N3O4. The van der Waals surface area contributed by atoms with E-state index in [1.54, 1.807) is 36.4 Å². The van der Waals surface area contributed by atoms with Gasteiger partial charge in [0, 0.05) is 24.3 Å². The SMILES string of the molecule is C#Cc1ccc(N(NC(=O)C=Cc2ccc(NC(C)=O)cc2)C(=O)O)cc1. The fourth-order valence-corrected chi connectivity index (χ4v) is 2.13. The maximum absolute atomic E-state index is 12.0. The van der Waals surface area contributed by atoms with Gasteiger partial charge < -0.3 is 10.4 Å². The molecule has 0 spiro atoms. The Balaban J connectivity index is 2.04. The lowest BCUT2D eigenvalue weighted by Crippen LogP contribution is -2.45. The molecule has 0 fully saturated rings. The van der Waals surface area contributed by atoms with Crippen LogP contribution in [0.5, 0.6) is 0 Å². The molecule has 0 aliphatic carbocycles. The Kier molecular flexibility index (Phi) is 6.34. The van der Waals surface area contributed by atoms with E-state index in [0.29, 0.717) is 21.8 Å². The van der Waals surface area contributed by atoms with Crippen LogP contribution in [0.3, 0.4) is 0 Å². The van der Waals surface area contributed by atoms with Crippen LogP contribution >= 0.6 is 0 Å². The predicted octanol–water partition coefficient (Wildman–Crippen LogP) is 2.86. The molecule has 3 N–H and O–H groups in total. The molecule has 2 aromatic rings. The molecule has 0 atom stereocenters. The van der Waals surface area contributed by atoms with E-state index in [1.807, 2.05) is 0 Å². The molecule has 0 aliphatic heterocycles. The van der Waals surface area contributed by atoms with Crippen LogP contribution in [0.15, 0.2) is 54.6 Å². The number of anilines is 2. The van der Waals surface area contributed by atoms with E-state index >= 15 is 0 Å². The van der Waals surface area contributed by atoms with Crippen molar-refractivity contribution in [3.05, 3.63) is 65.7 Å². The van der Waals surface area contributed by atoms with Crippen LogP contribution in [-0.4, -0.2) is 23.0 Å². The Morgan fingerprint density at radius 1 is 1.07 bits per heavy atom. The topological polar surface area (TPSA) is 98.7 Å². The average Bonchev–Trinajstić information content (AvgIpc) is 2.65. The highest BCUT2D eigenvalue weighted by Crippen LogP contribution is 2.14. The molecule has 0 unspecified atom stereocenters. The van der Waals surface area contributed by atoms with Gasteiger partial charge in [-0.1, -0.05) is 18.1 Å². The number of hydrogen-bond acceptors (Lipinski definition) is 3. The summed E-state index contributed by atoms with van der Waals surface area (Å²) >= 11 is 0. The van der Waals surface area contributed by atoms with Gasteiger partial charge >= 0.3 is 6.09 Å². The molecular weight excluding hydrogens is 346 g/mol. The van der Waals surface area contributed by atoms with Crippen LogP contribution in [-0.2, 0) is 9.59 Å². The maximum Gasteiger partial charge on any atom is 0.431 e. The Morgan fingerprint density at radius 2 is 1.70 bits per heavy atom. The van der Waals surface area contributed by atoms with Crippen molar-refractivity contribution in [1.82, 2.24) is 5.43 Å². The van der Waals surface area contributed by atoms with Crippen LogP contribution < -0.4 is 15.8 Å². The number of carboxylic acid groups (broad SMARTS) is 1. The van der Waals surface area contributed by atoms with Gasteiger partial charge in [0.2, 0.25) is 5.91 Å². The number of amides is 3. The number of carbonyl (C=O) groups excluding carboxylic acids is 2. The van der Waals surface area contributed by atoms with Crippen molar-refractivity contribution in [1.29, 1.82) is 0 Å². The second-order valence-electron chi connectivity index (χ2n) is 5.42. The van der Waals surface area contributed by atoms with Gasteiger partial charge in [-0.15, -0.1) is 6.42 Å². The average molecular weight is 363 g/mol. The normalized spacial score (nSPS) is 10.1. The Labute approximate surface area is 156 Å². The molecule has 27 heavy (non-hydrogen) atoms. The van der Waals surface area contributed by atoms with Crippen LogP contribution in [0.25, 0.3) is 6.08 Å². The van der Waals surface area contributed by atoms with Crippen molar-refractivity contribution in [3.63, 3.8) is 0 Å². The lowest BCUT2D eigenvalue weighted by Gasteiger charge is -2.19. The van der Waals surface area contributed by atoms with E-state index < -0.39 is 12.0 Å². The standard InChI is InChI=1S/C20H17N3O4/c1-3-15-6-11-18(12-7-15)23(20(26)27)22-19(25)13-8-16-4-9-17(10-5-16)21-14(2)24/h1,4-13H,2H3,(H,21,24)(H,22,25)(H,26,27). The fourth-order valence-electron chi connectivity index (χ4n) is 2.13. The largest absolute Gasteiger partial charge is 0.463 e. The van der Waals surface area contributed by atoms with Crippen molar-refractivity contribution in [2.45, 2.75) is 6.92 Å². The summed E-state index contributed by atoms with van der Waals surface area (Å²) in [5.74, 6) is 1.63. The summed E-state index contributed by atoms with van der Waals surface area (Å²) in [6.07, 6.45) is 6.65. The van der Waals surface area contributed by atoms with Crippen molar-refractivity contribution < 1.29 is 19.5 Å². The highest BCUT2D eigenvalue weighted by molar-refractivity contribution is 5.97. The minimum absolute atomic E-state index is 0.179. The Hall–Kier alpha value is -4.05. The summed E-state index contributed by atoms with van der Waals surface area (Å²) in [7, 11) is 0. The number of hydrogen-bond donors (Lipinski definition) is 3. The lowest BCUT2D eigenvalue weighted by atomic mass is 10.2. The highest BCUT2D eigenvalue weighted by Gasteiger charge is 2.16. The minimum Gasteiger partial charge on any atom is -0.463 e. The molecule has 136 valence electrons. The molecule has 7 heteroatoms. The summed E-state index contributed by atoms with van der Waals surface area (Å²) in [5, 5.41) is 12.6. The first kappa shape index (κ1) is 19.3. The third-order valence-corrected chi connectivity index (χ3v) is 3.36. The Bertz CT molecular complexity index is 910. The van der Waals surface area contributed by atoms with Gasteiger partial charge in [0.1, 0.15) is 0 Å². The molecule has 0 bridgehead atoms. The minimum atomic E-state index is -1.34. The summed E-state index contributed by atoms with van der Waals surface area (Å²) in [5.41, 5.74) is 4.47. The summed E-state index contributed by atoms with van der Waals surface area (Å²) in [6, 6.07) is 12.9. The zero-order valence-corrected chi connectivity index (χ0v) is 14.5. The van der Waals surface area contributed by atoms with Gasteiger partial charge in [0.05, 0.1) is 5.69 Å². The third-order valence-electron chi connectivity index (χ3n) is 3.36. The number of nitrogens with zero attached hydrogens (tertiary/aromatic N) is 1. The first-order valence-electron chi connectivity index (χ1n) is 7.85. The van der Waals surface area contributed by atoms with Crippen molar-refractivity contribution in [3.8, 4) is 12.3 Å². The molecule has 2 rings (SSSR count). The summed E-state index contributed by atoms with van der Waals surface area (Å²) < 4.78 is 0. The Morgan fingerprint density at radius 3 is 2.22 bits per heavy atom. The quantitative estimate of drug-likeness (QED) is 0.442. The lowest BCUT2D eigenvalue weighted by molar-refractivity contribution is -0.116. The molecule has 0 radical (unpaired) electrons. The number of hydrazine groups is 1. The van der Waals surface area contributed by atoms with E-state index in [2.05, 4.69) is 16.7 Å². The fraction of sp³-hybridized carbons (Fsp3) is 0.0500. The van der Waals surface area contributed by atoms with Crippen LogP contribution in [0, 0.1) is 12.3 Å². The second-order valence-corrected chi connectivity index (χ2v) is 5.42. The predicted molar refractivity (Wildman–Crippen MR) is 103 cm³/mol. The van der Waals surface area contributed by atoms with Crippen molar-refractivity contribution in [2.75, 3.05) is 10.3 Å². The summed E-state index contributed by atoms with van der Waals surface area (Å²) in [6.45, 7) is 1.41. The molecule has 0 aliphatic rings. The molecule has 7 nitrogen and oxygen atoms in total. The molecule has 2 aromatic carbocycles. The number of rotatable bonds is 4. The van der Waals surface area contributed by atoms with Crippen LogP contribution in [0.4, 0.5) is 16.2 Å². The molecule has 0 aromatic heterocycles. The van der Waals surface area contributed by atoms with Gasteiger partial charge in [-0.3, -0.25) is 15.0 Å². The van der Waals surface area contributed by atoms with Crippen LogP contribution in [0.1, 0.15) is 18.1 Å². The van der Waals surface area contributed by atoms with Crippen molar-refractivity contribution >= 4 is 35.4 Å². The smallest absolute Gasteiger partial charge is 0.431 e. The van der Waals surface area contributed by atoms with E-state index in [4.69, 9.17) is 6.42 Å². The zero-order valence-electron chi connectivity index (χ0n) is 14.5. The van der Waals surface area contributed by atoms with Gasteiger partial charge in [-0.05, 0) is 48.0 Å². The summed E-state index contributed by atoms with van der Waals surface area (Å²) in [4.78, 5) is 34.4. The number of carbonyl (C=O) groups is 3. The first-order chi connectivity index (χ1) is 12.9. The monoisotopic (exact) mass is 363 g/mol. The molecule has 3 amide bonds. The number of terminal acetylenes is 1. The van der Waals surface area contributed by atoms with Crippen LogP contribution in [0.2, 0.25) is 0 Å². The molecule has 0 heterocycles. The molecule has 0 saturated carbocycles. The third kappa shape index (κ3) is 5.76. The van der Waals surface area contributed by atoms with Gasteiger partial charge in [-0.25, -0.2) is 4.79 Å².